The number of hydrogen-bond donors (Lipinski definition) is 1. The summed E-state index contributed by atoms with van der Waals surface area (Å²) >= 11 is 5.33. The Hall–Kier alpha value is -0.790. The van der Waals surface area contributed by atoms with Crippen molar-refractivity contribution in [2.24, 2.45) is 5.14 Å². The van der Waals surface area contributed by atoms with Crippen molar-refractivity contribution in [2.45, 2.75) is 11.3 Å². The van der Waals surface area contributed by atoms with Crippen LogP contribution in [-0.4, -0.2) is 13.4 Å². The average Bonchev–Trinajstić information content (AvgIpc) is 2.01. The lowest BCUT2D eigenvalue weighted by molar-refractivity contribution is 0.147. The van der Waals surface area contributed by atoms with E-state index in [0.29, 0.717) is 6.20 Å². The fourth-order valence-electron chi connectivity index (χ4n) is 0.840. The van der Waals surface area contributed by atoms with Gasteiger partial charge >= 0.3 is 0 Å². The summed E-state index contributed by atoms with van der Waals surface area (Å²) < 4.78 is 46.3. The van der Waals surface area contributed by atoms with Crippen LogP contribution in [0.3, 0.4) is 0 Å². The van der Waals surface area contributed by atoms with E-state index in [1.165, 1.54) is 0 Å². The number of hydrogen-bond acceptors (Lipinski definition) is 3. The number of halogens is 3. The van der Waals surface area contributed by atoms with Crippen molar-refractivity contribution in [3.05, 3.63) is 23.0 Å². The second-order valence-corrected chi connectivity index (χ2v) is 4.31. The first-order chi connectivity index (χ1) is 6.32. The first-order valence-corrected chi connectivity index (χ1v) is 5.21. The van der Waals surface area contributed by atoms with E-state index in [9.17, 15) is 17.2 Å². The van der Waals surface area contributed by atoms with Crippen molar-refractivity contribution in [3.63, 3.8) is 0 Å². The monoisotopic (exact) mass is 242 g/mol. The SMILES string of the molecule is NS(=O)(=O)c1cnc(Cl)cc1C(F)F. The highest BCUT2D eigenvalue weighted by Gasteiger charge is 2.21. The first-order valence-electron chi connectivity index (χ1n) is 3.29. The second kappa shape index (κ2) is 3.76. The fraction of sp³-hybridized carbons (Fsp3) is 0.167. The molecule has 4 nitrogen and oxygen atoms in total. The lowest BCUT2D eigenvalue weighted by Gasteiger charge is -2.05. The number of nitrogens with two attached hydrogens (primary N) is 1. The maximum Gasteiger partial charge on any atom is 0.265 e. The number of rotatable bonds is 2. The molecule has 0 bridgehead atoms. The minimum absolute atomic E-state index is 0.215. The molecule has 0 aliphatic rings. The van der Waals surface area contributed by atoms with E-state index in [-0.39, 0.29) is 5.15 Å². The first kappa shape index (κ1) is 11.3. The lowest BCUT2D eigenvalue weighted by Crippen LogP contribution is -2.15. The van der Waals surface area contributed by atoms with Gasteiger partial charge in [-0.1, -0.05) is 11.6 Å². The van der Waals surface area contributed by atoms with Crippen LogP contribution in [0, 0.1) is 0 Å². The predicted molar refractivity (Wildman–Crippen MR) is 45.6 cm³/mol. The van der Waals surface area contributed by atoms with E-state index in [1.807, 2.05) is 0 Å². The Kier molecular flexibility index (Phi) is 3.03. The molecular formula is C6H5ClF2N2O2S. The molecule has 0 aliphatic carbocycles. The highest BCUT2D eigenvalue weighted by atomic mass is 35.5. The largest absolute Gasteiger partial charge is 0.265 e. The summed E-state index contributed by atoms with van der Waals surface area (Å²) in [5, 5.41) is 4.49. The van der Waals surface area contributed by atoms with Crippen LogP contribution < -0.4 is 5.14 Å². The zero-order valence-corrected chi connectivity index (χ0v) is 8.19. The maximum absolute atomic E-state index is 12.3. The molecule has 0 spiro atoms. The molecule has 0 radical (unpaired) electrons. The van der Waals surface area contributed by atoms with Crippen molar-refractivity contribution >= 4 is 21.6 Å². The van der Waals surface area contributed by atoms with Crippen LogP contribution in [0.4, 0.5) is 8.78 Å². The summed E-state index contributed by atoms with van der Waals surface area (Å²) in [5.74, 6) is 0. The smallest absolute Gasteiger partial charge is 0.243 e. The van der Waals surface area contributed by atoms with Crippen LogP contribution in [0.1, 0.15) is 12.0 Å². The molecule has 0 fully saturated rings. The molecule has 1 heterocycles. The lowest BCUT2D eigenvalue weighted by atomic mass is 10.3. The van der Waals surface area contributed by atoms with Gasteiger partial charge in [-0.15, -0.1) is 0 Å². The minimum Gasteiger partial charge on any atom is -0.243 e. The van der Waals surface area contributed by atoms with E-state index < -0.39 is 26.9 Å². The Labute approximate surface area is 83.8 Å². The Morgan fingerprint density at radius 2 is 2.07 bits per heavy atom. The van der Waals surface area contributed by atoms with Crippen molar-refractivity contribution in [3.8, 4) is 0 Å². The molecule has 0 atom stereocenters. The van der Waals surface area contributed by atoms with Crippen LogP contribution in [0.25, 0.3) is 0 Å². The quantitative estimate of drug-likeness (QED) is 0.795. The van der Waals surface area contributed by atoms with Crippen molar-refractivity contribution in [2.75, 3.05) is 0 Å². The predicted octanol–water partition coefficient (Wildman–Crippen LogP) is 1.32. The number of primary sulfonamides is 1. The molecule has 0 unspecified atom stereocenters. The van der Waals surface area contributed by atoms with Gasteiger partial charge in [0, 0.05) is 11.8 Å². The van der Waals surface area contributed by atoms with Gasteiger partial charge < -0.3 is 0 Å². The molecule has 0 saturated heterocycles. The molecular weight excluding hydrogens is 238 g/mol. The summed E-state index contributed by atoms with van der Waals surface area (Å²) in [6, 6.07) is 0.770. The molecule has 1 rings (SSSR count). The van der Waals surface area contributed by atoms with Gasteiger partial charge in [-0.25, -0.2) is 27.3 Å². The Bertz CT molecular complexity index is 449. The molecule has 0 saturated carbocycles. The number of aromatic nitrogens is 1. The topological polar surface area (TPSA) is 73.1 Å². The highest BCUT2D eigenvalue weighted by molar-refractivity contribution is 7.89. The molecule has 2 N–H and O–H groups in total. The Morgan fingerprint density at radius 3 is 2.50 bits per heavy atom. The van der Waals surface area contributed by atoms with Crippen LogP contribution in [0.2, 0.25) is 5.15 Å². The van der Waals surface area contributed by atoms with Gasteiger partial charge in [-0.2, -0.15) is 0 Å². The van der Waals surface area contributed by atoms with Crippen LogP contribution in [0.5, 0.6) is 0 Å². The zero-order valence-electron chi connectivity index (χ0n) is 6.62. The standard InChI is InChI=1S/C6H5ClF2N2O2S/c7-5-1-3(6(8)9)4(2-11-5)14(10,12)13/h1-2,6H,(H2,10,12,13). The van der Waals surface area contributed by atoms with Crippen molar-refractivity contribution < 1.29 is 17.2 Å². The van der Waals surface area contributed by atoms with Crippen LogP contribution in [0.15, 0.2) is 17.2 Å². The third-order valence-electron chi connectivity index (χ3n) is 1.41. The summed E-state index contributed by atoms with van der Waals surface area (Å²) in [7, 11) is -4.20. The number of nitrogens with zero attached hydrogens (tertiary/aromatic N) is 1. The molecule has 8 heteroatoms. The molecule has 1 aromatic rings. The van der Waals surface area contributed by atoms with Gasteiger partial charge in [-0.05, 0) is 6.07 Å². The van der Waals surface area contributed by atoms with Crippen molar-refractivity contribution in [1.82, 2.24) is 4.98 Å². The Morgan fingerprint density at radius 1 is 1.50 bits per heavy atom. The summed E-state index contributed by atoms with van der Waals surface area (Å²) in [6.45, 7) is 0. The molecule has 0 amide bonds. The normalized spacial score (nSPS) is 12.1. The number of alkyl halides is 2. The van der Waals surface area contributed by atoms with Gasteiger partial charge in [-0.3, -0.25) is 0 Å². The van der Waals surface area contributed by atoms with E-state index >= 15 is 0 Å². The van der Waals surface area contributed by atoms with E-state index in [2.05, 4.69) is 4.98 Å². The van der Waals surface area contributed by atoms with Gasteiger partial charge in [0.15, 0.2) is 0 Å². The van der Waals surface area contributed by atoms with Crippen molar-refractivity contribution in [1.29, 1.82) is 0 Å². The van der Waals surface area contributed by atoms with Crippen LogP contribution in [-0.2, 0) is 10.0 Å². The summed E-state index contributed by atoms with van der Waals surface area (Å²) in [4.78, 5) is 2.65. The van der Waals surface area contributed by atoms with Gasteiger partial charge in [0.1, 0.15) is 10.0 Å². The fourth-order valence-corrected chi connectivity index (χ4v) is 1.68. The molecule has 0 aliphatic heterocycles. The molecule has 0 aromatic carbocycles. The highest BCUT2D eigenvalue weighted by Crippen LogP contribution is 2.26. The Balaban J connectivity index is 3.45. The van der Waals surface area contributed by atoms with Gasteiger partial charge in [0.2, 0.25) is 10.0 Å². The maximum atomic E-state index is 12.3. The minimum atomic E-state index is -4.20. The number of pyridine rings is 1. The van der Waals surface area contributed by atoms with E-state index in [4.69, 9.17) is 16.7 Å². The molecule has 1 aromatic heterocycles. The third kappa shape index (κ3) is 2.37. The zero-order chi connectivity index (χ0) is 10.9. The second-order valence-electron chi connectivity index (χ2n) is 2.39. The average molecular weight is 243 g/mol. The molecule has 14 heavy (non-hydrogen) atoms. The van der Waals surface area contributed by atoms with Crippen LogP contribution >= 0.6 is 11.6 Å². The van der Waals surface area contributed by atoms with E-state index in [1.54, 1.807) is 0 Å². The molecule has 78 valence electrons. The third-order valence-corrected chi connectivity index (χ3v) is 2.57. The summed E-state index contributed by atoms with van der Waals surface area (Å²) in [6.07, 6.45) is -2.26. The van der Waals surface area contributed by atoms with Gasteiger partial charge in [0.25, 0.3) is 6.43 Å². The van der Waals surface area contributed by atoms with Gasteiger partial charge in [0.05, 0.1) is 0 Å². The van der Waals surface area contributed by atoms with E-state index in [0.717, 1.165) is 6.07 Å². The summed E-state index contributed by atoms with van der Waals surface area (Å²) in [5.41, 5.74) is -0.743. The number of sulfonamides is 1.